The van der Waals surface area contributed by atoms with E-state index in [0.717, 1.165) is 64.7 Å². The number of nitrogens with one attached hydrogen (secondary N) is 2. The molecule has 8 nitrogen and oxygen atoms in total. The SMILES string of the molecule is CC(C)CNC1CCc2oc3ccc(NC(=O)c4ccnc5ccccc45)cc3c2C1.Cc1ccc(S(=O)(=O)O)cc1. The highest BCUT2D eigenvalue weighted by Gasteiger charge is 2.24. The molecular formula is C33H35N3O5S. The van der Waals surface area contributed by atoms with Crippen molar-refractivity contribution in [2.75, 3.05) is 11.9 Å². The topological polar surface area (TPSA) is 122 Å². The molecule has 42 heavy (non-hydrogen) atoms. The summed E-state index contributed by atoms with van der Waals surface area (Å²) in [7, 11) is -4.02. The third-order valence-electron chi connectivity index (χ3n) is 7.33. The van der Waals surface area contributed by atoms with Gasteiger partial charge in [-0.3, -0.25) is 14.3 Å². The first kappa shape index (κ1) is 29.4. The van der Waals surface area contributed by atoms with Crippen LogP contribution in [0.25, 0.3) is 21.9 Å². The van der Waals surface area contributed by atoms with Gasteiger partial charge in [-0.1, -0.05) is 49.7 Å². The molecule has 6 rings (SSSR count). The van der Waals surface area contributed by atoms with Gasteiger partial charge in [0.2, 0.25) is 0 Å². The summed E-state index contributed by atoms with van der Waals surface area (Å²) in [5, 5.41) is 8.70. The van der Waals surface area contributed by atoms with Gasteiger partial charge in [-0.15, -0.1) is 0 Å². The van der Waals surface area contributed by atoms with Crippen LogP contribution in [0, 0.1) is 12.8 Å². The molecular weight excluding hydrogens is 550 g/mol. The summed E-state index contributed by atoms with van der Waals surface area (Å²) in [6.45, 7) is 7.33. The minimum absolute atomic E-state index is 0.0666. The first-order valence-corrected chi connectivity index (χ1v) is 15.5. The molecule has 218 valence electrons. The van der Waals surface area contributed by atoms with Crippen molar-refractivity contribution in [3.05, 3.63) is 101 Å². The van der Waals surface area contributed by atoms with Crippen LogP contribution in [0.2, 0.25) is 0 Å². The lowest BCUT2D eigenvalue weighted by Crippen LogP contribution is -2.36. The zero-order valence-corrected chi connectivity index (χ0v) is 24.7. The summed E-state index contributed by atoms with van der Waals surface area (Å²) in [6, 6.07) is 21.8. The predicted molar refractivity (Wildman–Crippen MR) is 166 cm³/mol. The monoisotopic (exact) mass is 585 g/mol. The van der Waals surface area contributed by atoms with Gasteiger partial charge in [0.1, 0.15) is 11.3 Å². The number of para-hydroxylation sites is 1. The molecule has 9 heteroatoms. The fraction of sp³-hybridized carbons (Fsp3) is 0.273. The largest absolute Gasteiger partial charge is 0.461 e. The molecule has 1 unspecified atom stereocenters. The van der Waals surface area contributed by atoms with Crippen LogP contribution in [0.1, 0.15) is 47.5 Å². The lowest BCUT2D eigenvalue weighted by molar-refractivity contribution is 0.102. The van der Waals surface area contributed by atoms with Gasteiger partial charge in [0.15, 0.2) is 0 Å². The summed E-state index contributed by atoms with van der Waals surface area (Å²) in [5.74, 6) is 1.58. The fourth-order valence-corrected chi connectivity index (χ4v) is 5.62. The molecule has 0 saturated carbocycles. The number of hydrogen-bond acceptors (Lipinski definition) is 6. The van der Waals surface area contributed by atoms with Crippen molar-refractivity contribution in [2.24, 2.45) is 5.92 Å². The first-order valence-electron chi connectivity index (χ1n) is 14.1. The number of nitrogens with zero attached hydrogens (tertiary/aromatic N) is 1. The smallest absolute Gasteiger partial charge is 0.294 e. The van der Waals surface area contributed by atoms with Gasteiger partial charge >= 0.3 is 0 Å². The molecule has 1 atom stereocenters. The van der Waals surface area contributed by atoms with E-state index < -0.39 is 10.1 Å². The fourth-order valence-electron chi connectivity index (χ4n) is 5.14. The summed E-state index contributed by atoms with van der Waals surface area (Å²) in [6.07, 6.45) is 4.68. The molecule has 1 aliphatic carbocycles. The van der Waals surface area contributed by atoms with Gasteiger partial charge in [0.05, 0.1) is 16.0 Å². The molecule has 0 fully saturated rings. The number of rotatable bonds is 6. The summed E-state index contributed by atoms with van der Waals surface area (Å²) < 4.78 is 35.7. The summed E-state index contributed by atoms with van der Waals surface area (Å²) in [5.41, 5.74) is 5.33. The van der Waals surface area contributed by atoms with E-state index in [4.69, 9.17) is 8.97 Å². The number of hydrogen-bond donors (Lipinski definition) is 3. The Labute approximate surface area is 245 Å². The van der Waals surface area contributed by atoms with E-state index in [1.807, 2.05) is 49.4 Å². The maximum Gasteiger partial charge on any atom is 0.294 e. The van der Waals surface area contributed by atoms with E-state index in [0.29, 0.717) is 17.5 Å². The number of amides is 1. The third-order valence-corrected chi connectivity index (χ3v) is 8.20. The van der Waals surface area contributed by atoms with Crippen LogP contribution in [0.15, 0.2) is 88.3 Å². The van der Waals surface area contributed by atoms with Crippen LogP contribution in [0.4, 0.5) is 5.69 Å². The van der Waals surface area contributed by atoms with Crippen molar-refractivity contribution in [3.8, 4) is 0 Å². The maximum absolute atomic E-state index is 13.0. The molecule has 2 aromatic heterocycles. The number of pyridine rings is 1. The first-order chi connectivity index (χ1) is 20.1. The van der Waals surface area contributed by atoms with Gasteiger partial charge < -0.3 is 15.1 Å². The highest BCUT2D eigenvalue weighted by molar-refractivity contribution is 7.85. The molecule has 0 spiro atoms. The van der Waals surface area contributed by atoms with Crippen molar-refractivity contribution < 1.29 is 22.2 Å². The number of benzene rings is 3. The Morgan fingerprint density at radius 1 is 1.05 bits per heavy atom. The van der Waals surface area contributed by atoms with Gasteiger partial charge in [0, 0.05) is 40.7 Å². The van der Waals surface area contributed by atoms with Crippen molar-refractivity contribution in [2.45, 2.75) is 51.0 Å². The summed E-state index contributed by atoms with van der Waals surface area (Å²) in [4.78, 5) is 17.3. The number of aromatic nitrogens is 1. The second-order valence-corrected chi connectivity index (χ2v) is 12.5. The Kier molecular flexibility index (Phi) is 8.72. The third kappa shape index (κ3) is 6.87. The quantitative estimate of drug-likeness (QED) is 0.193. The average Bonchev–Trinajstić information content (AvgIpc) is 3.33. The van der Waals surface area contributed by atoms with Crippen molar-refractivity contribution in [1.29, 1.82) is 0 Å². The number of furan rings is 1. The lowest BCUT2D eigenvalue weighted by Gasteiger charge is -2.23. The van der Waals surface area contributed by atoms with E-state index in [1.165, 1.54) is 17.7 Å². The second kappa shape index (κ2) is 12.4. The average molecular weight is 586 g/mol. The molecule has 0 bridgehead atoms. The van der Waals surface area contributed by atoms with E-state index in [-0.39, 0.29) is 10.8 Å². The molecule has 3 aromatic carbocycles. The molecule has 5 aromatic rings. The van der Waals surface area contributed by atoms with Crippen LogP contribution in [0.3, 0.4) is 0 Å². The molecule has 1 amide bonds. The molecule has 0 aliphatic heterocycles. The number of carbonyl (C=O) groups excluding carboxylic acids is 1. The van der Waals surface area contributed by atoms with Crippen LogP contribution in [-0.2, 0) is 23.0 Å². The van der Waals surface area contributed by atoms with Crippen molar-refractivity contribution in [1.82, 2.24) is 10.3 Å². The maximum atomic E-state index is 13.0. The lowest BCUT2D eigenvalue weighted by atomic mass is 9.91. The van der Waals surface area contributed by atoms with Crippen LogP contribution in [-0.4, -0.2) is 36.4 Å². The molecule has 0 radical (unpaired) electrons. The number of anilines is 1. The Bertz CT molecular complexity index is 1820. The van der Waals surface area contributed by atoms with Crippen molar-refractivity contribution in [3.63, 3.8) is 0 Å². The van der Waals surface area contributed by atoms with Crippen molar-refractivity contribution >= 4 is 43.6 Å². The highest BCUT2D eigenvalue weighted by atomic mass is 32.2. The van der Waals surface area contributed by atoms with Gasteiger partial charge in [-0.05, 0) is 74.7 Å². The molecule has 3 N–H and O–H groups in total. The Balaban J connectivity index is 0.000000271. The van der Waals surface area contributed by atoms with Crippen LogP contribution < -0.4 is 10.6 Å². The Morgan fingerprint density at radius 3 is 2.55 bits per heavy atom. The van der Waals surface area contributed by atoms with E-state index in [1.54, 1.807) is 24.4 Å². The normalized spacial score (nSPS) is 14.8. The number of carbonyl (C=O) groups is 1. The molecule has 0 saturated heterocycles. The Morgan fingerprint density at radius 2 is 1.81 bits per heavy atom. The van der Waals surface area contributed by atoms with Gasteiger partial charge in [-0.2, -0.15) is 8.42 Å². The van der Waals surface area contributed by atoms with Crippen LogP contribution in [0.5, 0.6) is 0 Å². The number of aryl methyl sites for hydroxylation is 2. The zero-order chi connectivity index (χ0) is 29.9. The van der Waals surface area contributed by atoms with Gasteiger partial charge in [0.25, 0.3) is 16.0 Å². The zero-order valence-electron chi connectivity index (χ0n) is 23.9. The second-order valence-electron chi connectivity index (χ2n) is 11.1. The molecule has 1 aliphatic rings. The molecule has 2 heterocycles. The minimum atomic E-state index is -4.02. The van der Waals surface area contributed by atoms with E-state index >= 15 is 0 Å². The minimum Gasteiger partial charge on any atom is -0.461 e. The standard InChI is InChI=1S/C26H27N3O2.C7H8O3S/c1-16(2)15-28-17-7-9-24-21(13-17)22-14-18(8-10-25(22)31-24)29-26(30)20-11-12-27-23-6-4-3-5-19(20)23;1-6-2-4-7(5-3-6)11(8,9)10/h3-6,8,10-12,14,16-17,28H,7,9,13,15H2,1-2H3,(H,29,30);2-5H,1H3,(H,8,9,10). The Hall–Kier alpha value is -4.05. The summed E-state index contributed by atoms with van der Waals surface area (Å²) >= 11 is 0. The van der Waals surface area contributed by atoms with Gasteiger partial charge in [-0.25, -0.2) is 0 Å². The van der Waals surface area contributed by atoms with E-state index in [9.17, 15) is 13.2 Å². The van der Waals surface area contributed by atoms with E-state index in [2.05, 4.69) is 29.5 Å². The predicted octanol–water partition coefficient (Wildman–Crippen LogP) is 6.58. The highest BCUT2D eigenvalue weighted by Crippen LogP contribution is 2.34. The number of fused-ring (bicyclic) bond motifs is 4. The van der Waals surface area contributed by atoms with Crippen LogP contribution >= 0.6 is 0 Å².